The van der Waals surface area contributed by atoms with E-state index in [1.165, 1.54) is 6.07 Å². The maximum Gasteiger partial charge on any atom is 0.259 e. The Morgan fingerprint density at radius 3 is 2.79 bits per heavy atom. The van der Waals surface area contributed by atoms with Crippen molar-refractivity contribution in [1.82, 2.24) is 4.98 Å². The van der Waals surface area contributed by atoms with Crippen molar-refractivity contribution >= 4 is 34.8 Å². The third kappa shape index (κ3) is 5.00. The molecule has 1 aromatic heterocycles. The molecule has 2 aromatic rings. The van der Waals surface area contributed by atoms with E-state index in [1.54, 1.807) is 36.1 Å². The Morgan fingerprint density at radius 2 is 2.07 bits per heavy atom. The van der Waals surface area contributed by atoms with Crippen LogP contribution in [0.3, 0.4) is 0 Å². The van der Waals surface area contributed by atoms with E-state index in [0.717, 1.165) is 0 Å². The van der Waals surface area contributed by atoms with Crippen molar-refractivity contribution in [1.29, 1.82) is 5.41 Å². The van der Waals surface area contributed by atoms with Crippen molar-refractivity contribution in [3.05, 3.63) is 52.2 Å². The number of amides is 1. The van der Waals surface area contributed by atoms with E-state index < -0.39 is 11.8 Å². The molecule has 29 heavy (non-hydrogen) atoms. The fourth-order valence-corrected chi connectivity index (χ4v) is 3.37. The molecule has 0 bridgehead atoms. The summed E-state index contributed by atoms with van der Waals surface area (Å²) in [6.45, 7) is 2.18. The highest BCUT2D eigenvalue weighted by Crippen LogP contribution is 2.32. The van der Waals surface area contributed by atoms with Crippen LogP contribution in [0.5, 0.6) is 0 Å². The lowest BCUT2D eigenvalue weighted by Gasteiger charge is -2.24. The molecule has 0 atom stereocenters. The van der Waals surface area contributed by atoms with Crippen molar-refractivity contribution in [2.75, 3.05) is 23.3 Å². The third-order valence-corrected chi connectivity index (χ3v) is 5.21. The normalized spacial score (nSPS) is 16.2. The summed E-state index contributed by atoms with van der Waals surface area (Å²) in [6, 6.07) is 8.08. The Hall–Kier alpha value is -2.74. The number of nitrogens with zero attached hydrogens (tertiary/aromatic N) is 2. The Labute approximate surface area is 172 Å². The number of rotatable bonds is 4. The van der Waals surface area contributed by atoms with Gasteiger partial charge in [0.25, 0.3) is 5.91 Å². The van der Waals surface area contributed by atoms with E-state index in [1.807, 2.05) is 0 Å². The number of carbonyl (C=O) groups is 1. The summed E-state index contributed by atoms with van der Waals surface area (Å²) in [4.78, 5) is 19.1. The Morgan fingerprint density at radius 1 is 1.31 bits per heavy atom. The third-order valence-electron chi connectivity index (χ3n) is 4.82. The molecule has 3 rings (SSSR count). The summed E-state index contributed by atoms with van der Waals surface area (Å²) >= 11 is 6.19. The van der Waals surface area contributed by atoms with Crippen LogP contribution in [-0.4, -0.2) is 35.7 Å². The van der Waals surface area contributed by atoms with Crippen LogP contribution in [0.4, 0.5) is 20.3 Å². The van der Waals surface area contributed by atoms with Gasteiger partial charge < -0.3 is 16.0 Å². The number of hydrogen-bond donors (Lipinski definition) is 3. The predicted octanol–water partition coefficient (Wildman–Crippen LogP) is 4.21. The predicted molar refractivity (Wildman–Crippen MR) is 110 cm³/mol. The van der Waals surface area contributed by atoms with Gasteiger partial charge in [-0.25, -0.2) is 13.8 Å². The lowest BCUT2D eigenvalue weighted by atomic mass is 10.1. The number of aryl methyl sites for hydroxylation is 1. The van der Waals surface area contributed by atoms with E-state index in [2.05, 4.69) is 10.3 Å². The summed E-state index contributed by atoms with van der Waals surface area (Å²) in [7, 11) is 0. The first kappa shape index (κ1) is 21.0. The average Bonchev–Trinajstić information content (AvgIpc) is 2.84. The Balaban J connectivity index is 1.92. The molecule has 1 aliphatic heterocycles. The van der Waals surface area contributed by atoms with Gasteiger partial charge in [-0.1, -0.05) is 23.7 Å². The molecule has 9 heteroatoms. The number of benzene rings is 1. The average molecular weight is 422 g/mol. The largest absolute Gasteiger partial charge is 0.384 e. The number of anilines is 2. The molecular weight excluding hydrogens is 400 g/mol. The van der Waals surface area contributed by atoms with Crippen molar-refractivity contribution in [2.45, 2.75) is 32.1 Å². The molecule has 2 heterocycles. The van der Waals surface area contributed by atoms with E-state index in [4.69, 9.17) is 22.7 Å². The molecular formula is C20H22ClF2N5O. The first-order valence-electron chi connectivity index (χ1n) is 9.22. The first-order valence-corrected chi connectivity index (χ1v) is 9.60. The van der Waals surface area contributed by atoms with E-state index >= 15 is 0 Å². The molecule has 154 valence electrons. The lowest BCUT2D eigenvalue weighted by Crippen LogP contribution is -2.29. The number of pyridine rings is 1. The standard InChI is InChI=1S/C20H22ClF2N5O/c1-12-16(21)11-15(18(26-12)28-8-3-6-20(22,23)7-9-28)19(29)27-14-5-2-4-13(10-14)17(24)25/h2,4-5,10-11H,3,6-9H2,1H3,(H3,24,25)(H,27,29). The summed E-state index contributed by atoms with van der Waals surface area (Å²) in [5.41, 5.74) is 7.15. The van der Waals surface area contributed by atoms with Crippen LogP contribution in [0.2, 0.25) is 5.02 Å². The molecule has 1 aromatic carbocycles. The number of carbonyl (C=O) groups excluding carboxylic acids is 1. The van der Waals surface area contributed by atoms with Gasteiger partial charge in [-0.05, 0) is 31.5 Å². The summed E-state index contributed by atoms with van der Waals surface area (Å²) < 4.78 is 27.5. The van der Waals surface area contributed by atoms with Crippen LogP contribution in [0.1, 0.15) is 40.9 Å². The summed E-state index contributed by atoms with van der Waals surface area (Å²) in [6.07, 6.45) is -0.175. The molecule has 0 saturated carbocycles. The number of amidine groups is 1. The topological polar surface area (TPSA) is 95.1 Å². The number of nitrogen functional groups attached to an aromatic ring is 1. The van der Waals surface area contributed by atoms with Crippen LogP contribution in [-0.2, 0) is 0 Å². The molecule has 0 radical (unpaired) electrons. The van der Waals surface area contributed by atoms with Gasteiger partial charge in [0.05, 0.1) is 16.3 Å². The second-order valence-corrected chi connectivity index (χ2v) is 7.48. The fourth-order valence-electron chi connectivity index (χ4n) is 3.21. The molecule has 1 saturated heterocycles. The van der Waals surface area contributed by atoms with E-state index in [9.17, 15) is 13.6 Å². The number of halogens is 3. The monoisotopic (exact) mass is 421 g/mol. The highest BCUT2D eigenvalue weighted by atomic mass is 35.5. The maximum atomic E-state index is 13.8. The number of hydrogen-bond acceptors (Lipinski definition) is 4. The lowest BCUT2D eigenvalue weighted by molar-refractivity contribution is -0.0102. The summed E-state index contributed by atoms with van der Waals surface area (Å²) in [5, 5.41) is 10.6. The molecule has 6 nitrogen and oxygen atoms in total. The van der Waals surface area contributed by atoms with Crippen molar-refractivity contribution in [3.8, 4) is 0 Å². The van der Waals surface area contributed by atoms with Crippen molar-refractivity contribution in [2.24, 2.45) is 5.73 Å². The van der Waals surface area contributed by atoms with Crippen LogP contribution in [0.25, 0.3) is 0 Å². The SMILES string of the molecule is Cc1nc(N2CCCC(F)(F)CC2)c(C(=O)Nc2cccc(C(=N)N)c2)cc1Cl. The van der Waals surface area contributed by atoms with Gasteiger partial charge in [-0.15, -0.1) is 0 Å². The molecule has 0 spiro atoms. The molecule has 0 unspecified atom stereocenters. The summed E-state index contributed by atoms with van der Waals surface area (Å²) in [5.74, 6) is -2.96. The number of alkyl halides is 2. The quantitative estimate of drug-likeness (QED) is 0.509. The minimum absolute atomic E-state index is 0.0984. The minimum atomic E-state index is -2.72. The zero-order valence-electron chi connectivity index (χ0n) is 15.9. The highest BCUT2D eigenvalue weighted by molar-refractivity contribution is 6.31. The Bertz CT molecular complexity index is 950. The zero-order chi connectivity index (χ0) is 21.2. The smallest absolute Gasteiger partial charge is 0.259 e. The molecule has 4 N–H and O–H groups in total. The fraction of sp³-hybridized carbons (Fsp3) is 0.350. The van der Waals surface area contributed by atoms with Gasteiger partial charge in [-0.3, -0.25) is 10.2 Å². The van der Waals surface area contributed by atoms with Crippen molar-refractivity contribution in [3.63, 3.8) is 0 Å². The highest BCUT2D eigenvalue weighted by Gasteiger charge is 2.33. The van der Waals surface area contributed by atoms with Gasteiger partial charge in [0.1, 0.15) is 11.7 Å². The van der Waals surface area contributed by atoms with Crippen LogP contribution in [0, 0.1) is 12.3 Å². The van der Waals surface area contributed by atoms with Gasteiger partial charge >= 0.3 is 0 Å². The van der Waals surface area contributed by atoms with Gasteiger partial charge in [0, 0.05) is 37.2 Å². The van der Waals surface area contributed by atoms with Crippen LogP contribution in [0.15, 0.2) is 30.3 Å². The van der Waals surface area contributed by atoms with Crippen molar-refractivity contribution < 1.29 is 13.6 Å². The second kappa shape index (κ2) is 8.32. The van der Waals surface area contributed by atoms with Crippen LogP contribution < -0.4 is 16.0 Å². The second-order valence-electron chi connectivity index (χ2n) is 7.07. The van der Waals surface area contributed by atoms with Gasteiger partial charge in [-0.2, -0.15) is 0 Å². The Kier molecular flexibility index (Phi) is 6.02. The van der Waals surface area contributed by atoms with E-state index in [0.29, 0.717) is 40.8 Å². The first-order chi connectivity index (χ1) is 13.7. The van der Waals surface area contributed by atoms with Gasteiger partial charge in [0.15, 0.2) is 0 Å². The minimum Gasteiger partial charge on any atom is -0.384 e. The molecule has 1 amide bonds. The van der Waals surface area contributed by atoms with Gasteiger partial charge in [0.2, 0.25) is 5.92 Å². The maximum absolute atomic E-state index is 13.8. The number of nitrogens with one attached hydrogen (secondary N) is 2. The zero-order valence-corrected chi connectivity index (χ0v) is 16.7. The molecule has 1 fully saturated rings. The van der Waals surface area contributed by atoms with Crippen LogP contribution >= 0.6 is 11.6 Å². The molecule has 1 aliphatic rings. The van der Waals surface area contributed by atoms with E-state index in [-0.39, 0.29) is 30.8 Å². The molecule has 0 aliphatic carbocycles. The number of nitrogens with two attached hydrogens (primary N) is 1. The number of aromatic nitrogens is 1.